The van der Waals surface area contributed by atoms with Crippen LogP contribution in [0.4, 0.5) is 19.1 Å². The molecule has 2 aliphatic heterocycles. The molecule has 0 bridgehead atoms. The van der Waals surface area contributed by atoms with Crippen LogP contribution < -0.4 is 10.2 Å². The highest BCUT2D eigenvalue weighted by atomic mass is 32.2. The summed E-state index contributed by atoms with van der Waals surface area (Å²) in [5, 5.41) is 3.75. The number of halogens is 3. The summed E-state index contributed by atoms with van der Waals surface area (Å²) in [4.78, 5) is 24.6. The molecule has 3 aromatic heterocycles. The van der Waals surface area contributed by atoms with Gasteiger partial charge in [-0.05, 0) is 12.1 Å². The summed E-state index contributed by atoms with van der Waals surface area (Å²) in [5.41, 5.74) is -0.0315. The second-order valence-corrected chi connectivity index (χ2v) is 8.29. The smallest absolute Gasteiger partial charge is 0.339 e. The summed E-state index contributed by atoms with van der Waals surface area (Å²) in [7, 11) is 0. The van der Waals surface area contributed by atoms with E-state index in [0.717, 1.165) is 57.2 Å². The van der Waals surface area contributed by atoms with Gasteiger partial charge in [0.25, 0.3) is 0 Å². The van der Waals surface area contributed by atoms with Gasteiger partial charge in [0.1, 0.15) is 5.03 Å². The molecule has 5 heterocycles. The number of nitrogens with zero attached hydrogens (tertiary/aromatic N) is 6. The minimum atomic E-state index is -4.53. The highest BCUT2D eigenvalue weighted by Gasteiger charge is 2.35. The summed E-state index contributed by atoms with van der Waals surface area (Å²) < 4.78 is 39.6. The molecule has 0 aliphatic carbocycles. The fourth-order valence-corrected chi connectivity index (χ4v) is 4.70. The van der Waals surface area contributed by atoms with Gasteiger partial charge in [0.2, 0.25) is 5.95 Å². The molecular weight excluding hydrogens is 417 g/mol. The molecule has 12 heteroatoms. The van der Waals surface area contributed by atoms with Crippen LogP contribution in [0.15, 0.2) is 34.4 Å². The normalized spacial score (nSPS) is 20.5. The molecule has 158 valence electrons. The number of aromatic nitrogens is 5. The molecule has 5 rings (SSSR count). The van der Waals surface area contributed by atoms with E-state index in [1.807, 2.05) is 0 Å². The van der Waals surface area contributed by atoms with E-state index in [-0.39, 0.29) is 4.90 Å². The fraction of sp³-hybridized carbons (Fsp3) is 0.444. The number of nitrogens with one attached hydrogen (secondary N) is 2. The highest BCUT2D eigenvalue weighted by Crippen LogP contribution is 2.37. The lowest BCUT2D eigenvalue weighted by molar-refractivity contribution is -0.143. The van der Waals surface area contributed by atoms with E-state index in [4.69, 9.17) is 0 Å². The molecule has 2 saturated heterocycles. The highest BCUT2D eigenvalue weighted by molar-refractivity contribution is 7.99. The van der Waals surface area contributed by atoms with Crippen LogP contribution in [0.2, 0.25) is 0 Å². The molecule has 0 aromatic carbocycles. The Bertz CT molecular complexity index is 1060. The lowest BCUT2D eigenvalue weighted by atomic mass is 10.1. The number of H-pyrrole nitrogens is 1. The Morgan fingerprint density at radius 2 is 2.03 bits per heavy atom. The number of aromatic amines is 1. The topological polar surface area (TPSA) is 85.9 Å². The molecule has 1 unspecified atom stereocenters. The molecule has 1 atom stereocenters. The Balaban J connectivity index is 1.37. The lowest BCUT2D eigenvalue weighted by Gasteiger charge is -2.44. The van der Waals surface area contributed by atoms with Crippen molar-refractivity contribution in [1.82, 2.24) is 35.1 Å². The van der Waals surface area contributed by atoms with Crippen molar-refractivity contribution < 1.29 is 13.2 Å². The van der Waals surface area contributed by atoms with Crippen LogP contribution >= 0.6 is 11.8 Å². The van der Waals surface area contributed by atoms with E-state index in [1.54, 1.807) is 0 Å². The third-order valence-corrected chi connectivity index (χ3v) is 6.24. The van der Waals surface area contributed by atoms with Crippen LogP contribution in [0.5, 0.6) is 0 Å². The number of hydrogen-bond donors (Lipinski definition) is 2. The van der Waals surface area contributed by atoms with Crippen molar-refractivity contribution >= 4 is 29.0 Å². The maximum Gasteiger partial charge on any atom is 0.434 e. The quantitative estimate of drug-likeness (QED) is 0.645. The number of anilines is 1. The molecule has 8 nitrogen and oxygen atoms in total. The molecule has 30 heavy (non-hydrogen) atoms. The van der Waals surface area contributed by atoms with Crippen LogP contribution in [0.3, 0.4) is 0 Å². The van der Waals surface area contributed by atoms with Gasteiger partial charge in [-0.25, -0.2) is 9.97 Å². The Labute approximate surface area is 174 Å². The van der Waals surface area contributed by atoms with Crippen molar-refractivity contribution in [1.29, 1.82) is 0 Å². The Morgan fingerprint density at radius 3 is 2.90 bits per heavy atom. The first kappa shape index (κ1) is 19.5. The summed E-state index contributed by atoms with van der Waals surface area (Å²) >= 11 is 0.877. The largest absolute Gasteiger partial charge is 0.434 e. The average molecular weight is 436 g/mol. The molecule has 2 aliphatic rings. The van der Waals surface area contributed by atoms with Crippen molar-refractivity contribution in [2.45, 2.75) is 22.1 Å². The van der Waals surface area contributed by atoms with E-state index in [2.05, 4.69) is 40.0 Å². The van der Waals surface area contributed by atoms with Crippen molar-refractivity contribution in [2.24, 2.45) is 0 Å². The molecule has 0 saturated carbocycles. The number of piperazine rings is 2. The monoisotopic (exact) mass is 436 g/mol. The molecule has 3 aromatic rings. The number of alkyl halides is 3. The van der Waals surface area contributed by atoms with E-state index in [1.165, 1.54) is 18.3 Å². The summed E-state index contributed by atoms with van der Waals surface area (Å²) in [5.74, 6) is 0.690. The van der Waals surface area contributed by atoms with Crippen molar-refractivity contribution in [2.75, 3.05) is 44.2 Å². The summed E-state index contributed by atoms with van der Waals surface area (Å²) in [6, 6.07) is 3.27. The first-order chi connectivity index (χ1) is 14.5. The third-order valence-electron chi connectivity index (χ3n) is 5.29. The zero-order valence-corrected chi connectivity index (χ0v) is 16.7. The minimum Gasteiger partial charge on any atom is -0.339 e. The minimum absolute atomic E-state index is 0.0182. The van der Waals surface area contributed by atoms with Crippen LogP contribution in [0.25, 0.3) is 11.3 Å². The van der Waals surface area contributed by atoms with Gasteiger partial charge in [0, 0.05) is 56.4 Å². The molecule has 0 radical (unpaired) electrons. The van der Waals surface area contributed by atoms with Gasteiger partial charge in [0.15, 0.2) is 17.0 Å². The third kappa shape index (κ3) is 3.82. The van der Waals surface area contributed by atoms with Gasteiger partial charge in [-0.2, -0.15) is 18.2 Å². The molecule has 0 amide bonds. The van der Waals surface area contributed by atoms with Crippen LogP contribution in [0, 0.1) is 0 Å². The van der Waals surface area contributed by atoms with E-state index < -0.39 is 11.9 Å². The number of pyridine rings is 1. The standard InChI is InChI=1S/C18H19F3N8S/c19-18(20,21)14-12(2-1-3-23-14)30-13-9-24-15-16(25-13)27-17(26-15)29-7-6-28-5-4-22-8-11(28)10-29/h1-3,9,11,22H,4-8,10H2,(H,24,25,26,27). The Kier molecular flexibility index (Phi) is 4.99. The van der Waals surface area contributed by atoms with Crippen LogP contribution in [-0.2, 0) is 6.18 Å². The van der Waals surface area contributed by atoms with Crippen molar-refractivity contribution in [3.63, 3.8) is 0 Å². The molecule has 2 N–H and O–H groups in total. The molecule has 2 fully saturated rings. The van der Waals surface area contributed by atoms with Gasteiger partial charge >= 0.3 is 6.18 Å². The number of imidazole rings is 1. The SMILES string of the molecule is FC(F)(F)c1ncccc1Sc1cnc2[nH]c(N3CCN4CCNCC4C3)nc2n1. The zero-order valence-electron chi connectivity index (χ0n) is 15.9. The fourth-order valence-electron chi connectivity index (χ4n) is 3.83. The van der Waals surface area contributed by atoms with E-state index in [9.17, 15) is 13.2 Å². The first-order valence-corrected chi connectivity index (χ1v) is 10.4. The van der Waals surface area contributed by atoms with E-state index >= 15 is 0 Å². The second-order valence-electron chi connectivity index (χ2n) is 7.23. The maximum absolute atomic E-state index is 13.2. The van der Waals surface area contributed by atoms with E-state index in [0.29, 0.717) is 28.3 Å². The van der Waals surface area contributed by atoms with Crippen LogP contribution in [0.1, 0.15) is 5.69 Å². The number of rotatable bonds is 3. The van der Waals surface area contributed by atoms with Crippen molar-refractivity contribution in [3.8, 4) is 0 Å². The maximum atomic E-state index is 13.2. The van der Waals surface area contributed by atoms with Gasteiger partial charge in [-0.3, -0.25) is 9.88 Å². The molecular formula is C18H19F3N8S. The summed E-state index contributed by atoms with van der Waals surface area (Å²) in [6.07, 6.45) is -1.95. The van der Waals surface area contributed by atoms with Gasteiger partial charge < -0.3 is 15.2 Å². The van der Waals surface area contributed by atoms with Crippen LogP contribution in [-0.4, -0.2) is 75.1 Å². The average Bonchev–Trinajstić information content (AvgIpc) is 3.16. The van der Waals surface area contributed by atoms with Gasteiger partial charge in [-0.15, -0.1) is 0 Å². The Hall–Kier alpha value is -2.44. The predicted molar refractivity (Wildman–Crippen MR) is 105 cm³/mol. The first-order valence-electron chi connectivity index (χ1n) is 9.60. The van der Waals surface area contributed by atoms with Gasteiger partial charge in [0.05, 0.1) is 6.20 Å². The number of fused-ring (bicyclic) bond motifs is 2. The van der Waals surface area contributed by atoms with Gasteiger partial charge in [-0.1, -0.05) is 11.8 Å². The predicted octanol–water partition coefficient (Wildman–Crippen LogP) is 2.01. The Morgan fingerprint density at radius 1 is 1.13 bits per heavy atom. The second kappa shape index (κ2) is 7.67. The lowest BCUT2D eigenvalue weighted by Crippen LogP contribution is -2.61. The molecule has 0 spiro atoms. The van der Waals surface area contributed by atoms with Crippen molar-refractivity contribution in [3.05, 3.63) is 30.2 Å². The summed E-state index contributed by atoms with van der Waals surface area (Å²) in [6.45, 7) is 5.67. The zero-order chi connectivity index (χ0) is 20.7. The number of hydrogen-bond acceptors (Lipinski definition) is 8.